The molecule has 43 heavy (non-hydrogen) atoms. The van der Waals surface area contributed by atoms with Crippen LogP contribution in [-0.2, 0) is 13.0 Å². The maximum Gasteiger partial charge on any atom is 0.253 e. The van der Waals surface area contributed by atoms with Crippen LogP contribution in [0.3, 0.4) is 0 Å². The number of carbonyl (C=O) groups is 1. The van der Waals surface area contributed by atoms with E-state index >= 15 is 0 Å². The fraction of sp³-hybridized carbons (Fsp3) is 0.417. The minimum Gasteiger partial charge on any atom is -0.457 e. The molecule has 7 nitrogen and oxygen atoms in total. The molecular weight excluding hydrogens is 534 g/mol. The Hall–Kier alpha value is -3.65. The number of nitrogens with one attached hydrogen (secondary N) is 1. The van der Waals surface area contributed by atoms with Gasteiger partial charge in [0.2, 0.25) is 0 Å². The molecule has 2 saturated heterocycles. The van der Waals surface area contributed by atoms with E-state index in [2.05, 4.69) is 82.1 Å². The molecule has 2 aliphatic rings. The van der Waals surface area contributed by atoms with Crippen LogP contribution in [0.2, 0.25) is 0 Å². The molecule has 0 unspecified atom stereocenters. The lowest BCUT2D eigenvalue weighted by Crippen LogP contribution is -2.49. The summed E-state index contributed by atoms with van der Waals surface area (Å²) < 4.78 is 8.71. The van der Waals surface area contributed by atoms with Gasteiger partial charge in [0.15, 0.2) is 0 Å². The van der Waals surface area contributed by atoms with Crippen molar-refractivity contribution >= 4 is 16.8 Å². The van der Waals surface area contributed by atoms with Gasteiger partial charge in [0.05, 0.1) is 0 Å². The van der Waals surface area contributed by atoms with Gasteiger partial charge in [0.1, 0.15) is 11.5 Å². The molecule has 1 N–H and O–H groups in total. The van der Waals surface area contributed by atoms with E-state index in [0.29, 0.717) is 5.56 Å². The van der Waals surface area contributed by atoms with E-state index in [9.17, 15) is 4.79 Å². The molecule has 7 heteroatoms. The highest BCUT2D eigenvalue weighted by Gasteiger charge is 2.22. The minimum atomic E-state index is 0.0973. The van der Waals surface area contributed by atoms with Gasteiger partial charge < -0.3 is 24.4 Å². The number of hydrogen-bond donors (Lipinski definition) is 1. The van der Waals surface area contributed by atoms with Crippen molar-refractivity contribution in [3.8, 4) is 11.5 Å². The van der Waals surface area contributed by atoms with Crippen LogP contribution in [0.15, 0.2) is 72.8 Å². The highest BCUT2D eigenvalue weighted by Crippen LogP contribution is 2.31. The lowest BCUT2D eigenvalue weighted by Gasteiger charge is -2.34. The maximum atomic E-state index is 13.2. The van der Waals surface area contributed by atoms with Crippen LogP contribution < -0.4 is 10.1 Å². The fourth-order valence-electron chi connectivity index (χ4n) is 6.46. The number of benzene rings is 3. The number of nitrogens with zero attached hydrogens (tertiary/aromatic N) is 4. The summed E-state index contributed by atoms with van der Waals surface area (Å²) >= 11 is 0. The van der Waals surface area contributed by atoms with Gasteiger partial charge in [-0.15, -0.1) is 0 Å². The zero-order chi connectivity index (χ0) is 29.6. The van der Waals surface area contributed by atoms with Crippen LogP contribution in [0.1, 0.15) is 33.6 Å². The summed E-state index contributed by atoms with van der Waals surface area (Å²) in [6.45, 7) is 15.5. The van der Waals surface area contributed by atoms with E-state index in [0.717, 1.165) is 96.3 Å². The third kappa shape index (κ3) is 7.12. The van der Waals surface area contributed by atoms with Crippen LogP contribution in [0.25, 0.3) is 10.9 Å². The Bertz CT molecular complexity index is 1500. The van der Waals surface area contributed by atoms with Gasteiger partial charge >= 0.3 is 0 Å². The van der Waals surface area contributed by atoms with Crippen molar-refractivity contribution in [3.63, 3.8) is 0 Å². The fourth-order valence-corrected chi connectivity index (χ4v) is 6.46. The van der Waals surface area contributed by atoms with Crippen LogP contribution in [0.4, 0.5) is 0 Å². The number of piperazine rings is 2. The van der Waals surface area contributed by atoms with Gasteiger partial charge in [-0.25, -0.2) is 0 Å². The third-order valence-corrected chi connectivity index (χ3v) is 9.23. The van der Waals surface area contributed by atoms with E-state index in [4.69, 9.17) is 4.74 Å². The van der Waals surface area contributed by atoms with E-state index in [1.807, 2.05) is 29.2 Å². The lowest BCUT2D eigenvalue weighted by atomic mass is 10.1. The second kappa shape index (κ2) is 13.8. The van der Waals surface area contributed by atoms with Gasteiger partial charge in [-0.05, 0) is 86.8 Å². The summed E-state index contributed by atoms with van der Waals surface area (Å²) in [5.41, 5.74) is 5.98. The lowest BCUT2D eigenvalue weighted by molar-refractivity contribution is 0.0638. The molecule has 0 atom stereocenters. The average molecular weight is 580 g/mol. The number of aromatic nitrogens is 1. The molecule has 0 saturated carbocycles. The Morgan fingerprint density at radius 3 is 2.21 bits per heavy atom. The zero-order valence-electron chi connectivity index (χ0n) is 25.7. The maximum absolute atomic E-state index is 13.2. The SMILES string of the molecule is Cc1c(C)n(CCCN2CCNCC2)c2ccc(Oc3ccc(C(=O)N4CCN(CCc5ccccc5)CC4)cc3)cc12. The number of ether oxygens (including phenoxy) is 1. The molecular formula is C36H45N5O2. The van der Waals surface area contributed by atoms with Crippen molar-refractivity contribution in [2.24, 2.45) is 0 Å². The van der Waals surface area contributed by atoms with E-state index in [-0.39, 0.29) is 5.91 Å². The zero-order valence-corrected chi connectivity index (χ0v) is 25.7. The number of hydrogen-bond acceptors (Lipinski definition) is 5. The summed E-state index contributed by atoms with van der Waals surface area (Å²) in [5, 5.41) is 4.68. The van der Waals surface area contributed by atoms with Gasteiger partial charge in [-0.3, -0.25) is 9.69 Å². The number of fused-ring (bicyclic) bond motifs is 1. The smallest absolute Gasteiger partial charge is 0.253 e. The molecule has 6 rings (SSSR count). The summed E-state index contributed by atoms with van der Waals surface area (Å²) in [5.74, 6) is 1.66. The first-order chi connectivity index (χ1) is 21.0. The monoisotopic (exact) mass is 579 g/mol. The normalized spacial score (nSPS) is 16.6. The first-order valence-electron chi connectivity index (χ1n) is 15.9. The quantitative estimate of drug-likeness (QED) is 0.275. The summed E-state index contributed by atoms with van der Waals surface area (Å²) in [7, 11) is 0. The molecule has 0 aliphatic carbocycles. The van der Waals surface area contributed by atoms with Gasteiger partial charge in [0, 0.05) is 87.6 Å². The van der Waals surface area contributed by atoms with Crippen LogP contribution >= 0.6 is 0 Å². The molecule has 2 aliphatic heterocycles. The number of amides is 1. The minimum absolute atomic E-state index is 0.0973. The number of aryl methyl sites for hydroxylation is 2. The Kier molecular flexibility index (Phi) is 9.42. The second-order valence-corrected chi connectivity index (χ2v) is 12.0. The predicted octanol–water partition coefficient (Wildman–Crippen LogP) is 5.35. The first kappa shape index (κ1) is 29.4. The molecule has 226 valence electrons. The second-order valence-electron chi connectivity index (χ2n) is 12.0. The molecule has 1 aromatic heterocycles. The van der Waals surface area contributed by atoms with Crippen LogP contribution in [-0.4, -0.2) is 90.6 Å². The summed E-state index contributed by atoms with van der Waals surface area (Å²) in [6.07, 6.45) is 2.20. The van der Waals surface area contributed by atoms with Crippen molar-refractivity contribution in [1.29, 1.82) is 0 Å². The molecule has 0 bridgehead atoms. The van der Waals surface area contributed by atoms with Crippen molar-refractivity contribution in [2.45, 2.75) is 33.2 Å². The standard InChI is InChI=1S/C36H45N5O2/c1-28-29(2)41(19-6-18-38-21-16-37-17-22-38)35-14-13-33(27-34(28)35)43-32-11-9-31(10-12-32)36(42)40-25-23-39(24-26-40)20-15-30-7-4-3-5-8-30/h3-5,7-14,27,37H,6,15-26H2,1-2H3. The Morgan fingerprint density at radius 1 is 0.767 bits per heavy atom. The van der Waals surface area contributed by atoms with Crippen LogP contribution in [0, 0.1) is 13.8 Å². The molecule has 3 aromatic carbocycles. The first-order valence-corrected chi connectivity index (χ1v) is 15.9. The molecule has 2 fully saturated rings. The highest BCUT2D eigenvalue weighted by atomic mass is 16.5. The topological polar surface area (TPSA) is 53.0 Å². The molecule has 0 spiro atoms. The summed E-state index contributed by atoms with van der Waals surface area (Å²) in [4.78, 5) is 20.2. The van der Waals surface area contributed by atoms with Crippen molar-refractivity contribution in [2.75, 3.05) is 65.4 Å². The van der Waals surface area contributed by atoms with Crippen molar-refractivity contribution in [1.82, 2.24) is 24.6 Å². The molecule has 3 heterocycles. The van der Waals surface area contributed by atoms with Crippen molar-refractivity contribution in [3.05, 3.63) is 95.2 Å². The van der Waals surface area contributed by atoms with Gasteiger partial charge in [-0.2, -0.15) is 0 Å². The Balaban J connectivity index is 1.02. The predicted molar refractivity (Wildman–Crippen MR) is 174 cm³/mol. The molecule has 1 amide bonds. The summed E-state index contributed by atoms with van der Waals surface area (Å²) in [6, 6.07) is 24.6. The van der Waals surface area contributed by atoms with Gasteiger partial charge in [-0.1, -0.05) is 30.3 Å². The number of rotatable bonds is 10. The van der Waals surface area contributed by atoms with E-state index in [1.54, 1.807) is 0 Å². The Labute approximate surface area is 256 Å². The van der Waals surface area contributed by atoms with E-state index < -0.39 is 0 Å². The van der Waals surface area contributed by atoms with E-state index in [1.165, 1.54) is 27.7 Å². The average Bonchev–Trinajstić information content (AvgIpc) is 3.29. The largest absolute Gasteiger partial charge is 0.457 e. The number of carbonyl (C=O) groups excluding carboxylic acids is 1. The van der Waals surface area contributed by atoms with Crippen LogP contribution in [0.5, 0.6) is 11.5 Å². The third-order valence-electron chi connectivity index (χ3n) is 9.23. The van der Waals surface area contributed by atoms with Crippen molar-refractivity contribution < 1.29 is 9.53 Å². The highest BCUT2D eigenvalue weighted by molar-refractivity contribution is 5.94. The Morgan fingerprint density at radius 2 is 1.47 bits per heavy atom. The molecule has 0 radical (unpaired) electrons. The molecule has 4 aromatic rings. The van der Waals surface area contributed by atoms with Gasteiger partial charge in [0.25, 0.3) is 5.91 Å².